The van der Waals surface area contributed by atoms with Gasteiger partial charge in [0.15, 0.2) is 0 Å². The van der Waals surface area contributed by atoms with Gasteiger partial charge in [0.05, 0.1) is 11.5 Å². The van der Waals surface area contributed by atoms with Crippen molar-refractivity contribution in [2.24, 2.45) is 0 Å². The molecule has 0 saturated heterocycles. The summed E-state index contributed by atoms with van der Waals surface area (Å²) in [6, 6.07) is 0. The van der Waals surface area contributed by atoms with Crippen LogP contribution < -0.4 is 0 Å². The van der Waals surface area contributed by atoms with Crippen LogP contribution in [0.3, 0.4) is 0 Å². The maximum absolute atomic E-state index is 11.0. The van der Waals surface area contributed by atoms with Crippen molar-refractivity contribution in [2.45, 2.75) is 26.7 Å². The van der Waals surface area contributed by atoms with Crippen molar-refractivity contribution in [3.63, 3.8) is 0 Å². The van der Waals surface area contributed by atoms with Crippen molar-refractivity contribution in [2.75, 3.05) is 11.5 Å². The van der Waals surface area contributed by atoms with E-state index in [-0.39, 0.29) is 24.3 Å². The fourth-order valence-corrected chi connectivity index (χ4v) is 4.18. The van der Waals surface area contributed by atoms with Crippen LogP contribution in [0.25, 0.3) is 0 Å². The monoisotopic (exact) mass is 293 g/mol. The molecule has 0 spiro atoms. The maximum atomic E-state index is 11.0. The van der Waals surface area contributed by atoms with Gasteiger partial charge < -0.3 is 0 Å². The number of rotatable bonds is 8. The minimum Gasteiger partial charge on any atom is -0.196 e. The molecule has 0 amide bonds. The minimum absolute atomic E-state index is 0.271. The normalized spacial score (nSPS) is 12.6. The fraction of sp³-hybridized carbons (Fsp3) is 1.00. The lowest BCUT2D eigenvalue weighted by molar-refractivity contribution is 0.404. The zero-order chi connectivity index (χ0) is 12.8. The van der Waals surface area contributed by atoms with Crippen molar-refractivity contribution >= 4 is 28.5 Å². The molecule has 0 aliphatic carbocycles. The van der Waals surface area contributed by atoms with Gasteiger partial charge in [0.2, 0.25) is 0 Å². The Kier molecular flexibility index (Phi) is 6.57. The van der Waals surface area contributed by atoms with Crippen LogP contribution in [0.2, 0.25) is 0 Å². The van der Waals surface area contributed by atoms with E-state index in [0.717, 1.165) is 0 Å². The first-order valence-electron chi connectivity index (χ1n) is 4.54. The standard InChI is InChI=1S/C6H14O7PS2/c1-3-5-15(8,9)12-14(7)13-16(10,11)6-4-2/h3-6H2,1-2H3/q+1. The van der Waals surface area contributed by atoms with E-state index in [9.17, 15) is 21.4 Å². The second-order valence-electron chi connectivity index (χ2n) is 2.90. The van der Waals surface area contributed by atoms with Gasteiger partial charge in [-0.3, -0.25) is 0 Å². The molecular formula is C6H14O7PS2+. The van der Waals surface area contributed by atoms with Crippen molar-refractivity contribution in [3.05, 3.63) is 0 Å². The van der Waals surface area contributed by atoms with Crippen LogP contribution in [0.5, 0.6) is 0 Å². The second kappa shape index (κ2) is 6.61. The van der Waals surface area contributed by atoms with Gasteiger partial charge >= 0.3 is 28.5 Å². The molecule has 0 unspecified atom stereocenters. The van der Waals surface area contributed by atoms with E-state index in [0.29, 0.717) is 0 Å². The summed E-state index contributed by atoms with van der Waals surface area (Å²) in [6.07, 6.45) is 0.542. The van der Waals surface area contributed by atoms with E-state index in [1.165, 1.54) is 0 Å². The van der Waals surface area contributed by atoms with Crippen molar-refractivity contribution in [3.8, 4) is 0 Å². The lowest BCUT2D eigenvalue weighted by Gasteiger charge is -1.93. The summed E-state index contributed by atoms with van der Waals surface area (Å²) in [6.45, 7) is 3.17. The molecule has 0 saturated carbocycles. The van der Waals surface area contributed by atoms with Gasteiger partial charge in [0.1, 0.15) is 0 Å². The topological polar surface area (TPSA) is 104 Å². The second-order valence-corrected chi connectivity index (χ2v) is 7.58. The minimum atomic E-state index is -3.99. The van der Waals surface area contributed by atoms with Crippen LogP contribution in [0.15, 0.2) is 0 Å². The third-order valence-electron chi connectivity index (χ3n) is 1.26. The van der Waals surface area contributed by atoms with Crippen LogP contribution in [0.1, 0.15) is 26.7 Å². The molecule has 0 heterocycles. The van der Waals surface area contributed by atoms with Crippen LogP contribution in [0, 0.1) is 0 Å². The average molecular weight is 293 g/mol. The molecule has 10 heteroatoms. The Labute approximate surface area is 96.3 Å². The molecule has 7 nitrogen and oxygen atoms in total. The van der Waals surface area contributed by atoms with E-state index in [1.54, 1.807) is 13.8 Å². The highest BCUT2D eigenvalue weighted by molar-refractivity contribution is 7.92. The highest BCUT2D eigenvalue weighted by atomic mass is 32.2. The number of hydrogen-bond donors (Lipinski definition) is 0. The smallest absolute Gasteiger partial charge is 0.196 e. The van der Waals surface area contributed by atoms with Gasteiger partial charge in [0.25, 0.3) is 0 Å². The Balaban J connectivity index is 4.41. The lowest BCUT2D eigenvalue weighted by Crippen LogP contribution is -2.09. The van der Waals surface area contributed by atoms with Crippen molar-refractivity contribution < 1.29 is 29.3 Å². The Hall–Kier alpha value is -0.0800. The van der Waals surface area contributed by atoms with E-state index < -0.39 is 28.5 Å². The molecule has 0 bridgehead atoms. The molecule has 0 atom stereocenters. The molecule has 0 aromatic heterocycles. The maximum Gasteiger partial charge on any atom is 0.732 e. The van der Waals surface area contributed by atoms with Crippen LogP contribution >= 0.6 is 8.25 Å². The summed E-state index contributed by atoms with van der Waals surface area (Å²) in [4.78, 5) is 0. The van der Waals surface area contributed by atoms with Crippen molar-refractivity contribution in [1.82, 2.24) is 0 Å². The summed E-state index contributed by atoms with van der Waals surface area (Å²) < 4.78 is 63.1. The fourth-order valence-electron chi connectivity index (χ4n) is 0.772. The summed E-state index contributed by atoms with van der Waals surface area (Å²) in [5, 5.41) is 0. The molecule has 96 valence electrons. The third kappa shape index (κ3) is 7.24. The highest BCUT2D eigenvalue weighted by Gasteiger charge is 2.36. The first-order chi connectivity index (χ1) is 7.22. The van der Waals surface area contributed by atoms with Gasteiger partial charge in [0, 0.05) is 12.5 Å². The Bertz CT molecular complexity index is 384. The molecule has 0 rings (SSSR count). The average Bonchev–Trinajstić information content (AvgIpc) is 1.99. The largest absolute Gasteiger partial charge is 0.732 e. The quantitative estimate of drug-likeness (QED) is 0.618. The van der Waals surface area contributed by atoms with Gasteiger partial charge in [-0.25, -0.2) is 0 Å². The predicted molar refractivity (Wildman–Crippen MR) is 57.9 cm³/mol. The molecule has 0 fully saturated rings. The van der Waals surface area contributed by atoms with Gasteiger partial charge in [-0.15, -0.1) is 0 Å². The summed E-state index contributed by atoms with van der Waals surface area (Å²) in [5.74, 6) is -0.684. The molecule has 0 aromatic carbocycles. The van der Waals surface area contributed by atoms with Crippen LogP contribution in [0.4, 0.5) is 0 Å². The van der Waals surface area contributed by atoms with Gasteiger partial charge in [-0.05, 0) is 12.8 Å². The molecule has 0 N–H and O–H groups in total. The molecule has 16 heavy (non-hydrogen) atoms. The molecule has 0 aliphatic heterocycles. The van der Waals surface area contributed by atoms with E-state index in [4.69, 9.17) is 0 Å². The Morgan fingerprint density at radius 2 is 1.19 bits per heavy atom. The van der Waals surface area contributed by atoms with Crippen LogP contribution in [-0.4, -0.2) is 28.3 Å². The third-order valence-corrected chi connectivity index (χ3v) is 5.86. The molecule has 0 aromatic rings. The summed E-state index contributed by atoms with van der Waals surface area (Å²) >= 11 is 0. The zero-order valence-electron chi connectivity index (χ0n) is 8.95. The summed E-state index contributed by atoms with van der Waals surface area (Å²) in [7, 11) is -11.2. The SMILES string of the molecule is CCCS(=O)(=O)O[P+](=O)OS(=O)(=O)CCC. The molecular weight excluding hydrogens is 279 g/mol. The van der Waals surface area contributed by atoms with Gasteiger partial charge in [-0.2, -0.15) is 16.8 Å². The summed E-state index contributed by atoms with van der Waals surface area (Å²) in [5.41, 5.74) is 0. The van der Waals surface area contributed by atoms with E-state index >= 15 is 0 Å². The van der Waals surface area contributed by atoms with E-state index in [2.05, 4.69) is 7.94 Å². The Morgan fingerprint density at radius 3 is 1.44 bits per heavy atom. The van der Waals surface area contributed by atoms with Gasteiger partial charge in [-0.1, -0.05) is 13.8 Å². The van der Waals surface area contributed by atoms with Crippen LogP contribution in [-0.2, 0) is 32.7 Å². The first kappa shape index (κ1) is 15.9. The first-order valence-corrected chi connectivity index (χ1v) is 8.79. The van der Waals surface area contributed by atoms with E-state index in [1.807, 2.05) is 0 Å². The lowest BCUT2D eigenvalue weighted by atomic mass is 10.6. The number of hydrogen-bond acceptors (Lipinski definition) is 7. The Morgan fingerprint density at radius 1 is 0.875 bits per heavy atom. The zero-order valence-corrected chi connectivity index (χ0v) is 11.5. The molecule has 0 aliphatic rings. The molecule has 0 radical (unpaired) electrons. The van der Waals surface area contributed by atoms with Crippen molar-refractivity contribution in [1.29, 1.82) is 0 Å². The predicted octanol–water partition coefficient (Wildman–Crippen LogP) is 1.16. The highest BCUT2D eigenvalue weighted by Crippen LogP contribution is 2.30.